The molecule has 16 rings (SSSR count). The Labute approximate surface area is 534 Å². The molecule has 0 radical (unpaired) electrons. The van der Waals surface area contributed by atoms with E-state index in [0.717, 1.165) is 49.1 Å². The molecule has 3 aliphatic heterocycles. The number of methoxy groups -OCH3 is 3. The highest BCUT2D eigenvalue weighted by atomic mass is 16.6. The Bertz CT molecular complexity index is 3430. The Kier molecular flexibility index (Phi) is 21.1. The van der Waals surface area contributed by atoms with Crippen LogP contribution in [0.5, 0.6) is 0 Å². The third-order valence-corrected chi connectivity index (χ3v) is 19.7. The highest BCUT2D eigenvalue weighted by molar-refractivity contribution is 6.05. The fourth-order valence-electron chi connectivity index (χ4n) is 15.5. The molecule has 5 saturated carbocycles. The SMILES string of the molecule is C#Cc1cccc(N)c1.COC(=O)C1C2C=CC(C2)C1C(=O)O.COC(=O)C1C2C=CC(C2)C1C(=O)OC.Nc1cccc(C2=CCC2)c1.O=C(O)C1C2C=CC(C2)C1C(=O)O.O=C1C=CC(=O)O1.O=C1OC(=O)C2C3C=CC(C3)C12.O=C1OC(=O)[C@H]2C3C=C[C@@H](C3)[C@@H]12. The first-order chi connectivity index (χ1) is 44.5. The molecule has 2 aromatic rings. The van der Waals surface area contributed by atoms with Crippen molar-refractivity contribution < 1.29 is 101 Å². The van der Waals surface area contributed by atoms with Gasteiger partial charge >= 0.3 is 71.6 Å². The number of aliphatic carboxylic acids is 3. The fraction of sp³-hybridized carbons (Fsp3) is 0.429. The van der Waals surface area contributed by atoms with Crippen LogP contribution in [0.1, 0.15) is 56.1 Å². The molecule has 93 heavy (non-hydrogen) atoms. The van der Waals surface area contributed by atoms with Crippen molar-refractivity contribution in [3.63, 3.8) is 0 Å². The van der Waals surface area contributed by atoms with Crippen LogP contribution in [-0.4, -0.2) is 108 Å². The van der Waals surface area contributed by atoms with E-state index in [1.165, 1.54) is 45.3 Å². The molecule has 20 atom stereocenters. The van der Waals surface area contributed by atoms with Crippen molar-refractivity contribution in [1.82, 2.24) is 0 Å². The van der Waals surface area contributed by atoms with Gasteiger partial charge in [-0.1, -0.05) is 91.0 Å². The molecule has 488 valence electrons. The quantitative estimate of drug-likeness (QED) is 0.0501. The molecule has 2 aromatic carbocycles. The third kappa shape index (κ3) is 14.5. The molecular formula is C70H72N2O21. The Hall–Kier alpha value is -9.98. The fourth-order valence-corrected chi connectivity index (χ4v) is 15.5. The molecular weight excluding hydrogens is 1200 g/mol. The van der Waals surface area contributed by atoms with Crippen molar-refractivity contribution in [2.45, 2.75) is 44.9 Å². The average Bonchev–Trinajstić information content (AvgIpc) is 1.62. The summed E-state index contributed by atoms with van der Waals surface area (Å²) in [6, 6.07) is 15.3. The van der Waals surface area contributed by atoms with E-state index in [9.17, 15) is 57.5 Å². The monoisotopic (exact) mass is 1280 g/mol. The summed E-state index contributed by atoms with van der Waals surface area (Å²) in [7, 11) is 4.01. The second kappa shape index (κ2) is 29.1. The average molecular weight is 1280 g/mol. The first kappa shape index (κ1) is 67.4. The van der Waals surface area contributed by atoms with E-state index in [4.69, 9.17) is 42.7 Å². The van der Waals surface area contributed by atoms with Gasteiger partial charge in [-0.25, -0.2) is 9.59 Å². The Morgan fingerprint density at radius 3 is 1.02 bits per heavy atom. The maximum Gasteiger partial charge on any atom is 0.338 e. The van der Waals surface area contributed by atoms with Crippen molar-refractivity contribution in [2.75, 3.05) is 32.8 Å². The van der Waals surface area contributed by atoms with Crippen LogP contribution in [-0.2, 0) is 86.0 Å². The van der Waals surface area contributed by atoms with Crippen molar-refractivity contribution in [3.05, 3.63) is 139 Å². The summed E-state index contributed by atoms with van der Waals surface area (Å²) in [6.45, 7) is 0. The summed E-state index contributed by atoms with van der Waals surface area (Å²) in [4.78, 5) is 132. The first-order valence-electron chi connectivity index (χ1n) is 30.6. The number of ether oxygens (including phenoxy) is 6. The Morgan fingerprint density at radius 2 is 0.753 bits per heavy atom. The molecule has 14 aliphatic rings. The number of hydrogen-bond acceptors (Lipinski definition) is 20. The summed E-state index contributed by atoms with van der Waals surface area (Å²) >= 11 is 0. The summed E-state index contributed by atoms with van der Waals surface area (Å²) in [5, 5.41) is 26.7. The summed E-state index contributed by atoms with van der Waals surface area (Å²) in [5.74, 6) is -6.18. The number of rotatable bonds is 7. The van der Waals surface area contributed by atoms with Crippen LogP contribution < -0.4 is 11.5 Å². The van der Waals surface area contributed by atoms with Crippen LogP contribution in [0.3, 0.4) is 0 Å². The number of carbonyl (C=O) groups is 12. The zero-order valence-electron chi connectivity index (χ0n) is 51.0. The van der Waals surface area contributed by atoms with Crippen LogP contribution >= 0.6 is 0 Å². The van der Waals surface area contributed by atoms with Gasteiger partial charge in [-0.2, -0.15) is 0 Å². The number of cyclic esters (lactones) is 6. The Balaban J connectivity index is 0.000000126. The molecule has 7 N–H and O–H groups in total. The lowest BCUT2D eigenvalue weighted by Crippen LogP contribution is -2.34. The number of esters is 9. The van der Waals surface area contributed by atoms with E-state index in [1.54, 1.807) is 12.1 Å². The van der Waals surface area contributed by atoms with Gasteiger partial charge in [0, 0.05) is 29.1 Å². The number of terminal acetylenes is 1. The van der Waals surface area contributed by atoms with E-state index in [2.05, 4.69) is 37.0 Å². The van der Waals surface area contributed by atoms with Crippen molar-refractivity contribution in [2.24, 2.45) is 118 Å². The van der Waals surface area contributed by atoms with Gasteiger partial charge in [0.1, 0.15) is 0 Å². The number of carboxylic acid groups (broad SMARTS) is 3. The van der Waals surface area contributed by atoms with Crippen LogP contribution in [0, 0.1) is 131 Å². The van der Waals surface area contributed by atoms with E-state index in [-0.39, 0.29) is 131 Å². The van der Waals surface area contributed by atoms with Gasteiger partial charge in [-0.15, -0.1) is 6.42 Å². The van der Waals surface area contributed by atoms with Gasteiger partial charge in [0.05, 0.1) is 80.5 Å². The topological polar surface area (TPSA) is 373 Å². The summed E-state index contributed by atoms with van der Waals surface area (Å²) < 4.78 is 27.2. The predicted molar refractivity (Wildman–Crippen MR) is 327 cm³/mol. The van der Waals surface area contributed by atoms with E-state index in [1.807, 2.05) is 91.1 Å². The number of carboxylic acids is 3. The molecule has 0 aromatic heterocycles. The largest absolute Gasteiger partial charge is 0.481 e. The number of fused-ring (bicyclic) bond motifs is 16. The first-order valence-corrected chi connectivity index (χ1v) is 30.6. The van der Waals surface area contributed by atoms with Gasteiger partial charge in [-0.05, 0) is 146 Å². The number of carbonyl (C=O) groups excluding carboxylic acids is 9. The molecule has 23 nitrogen and oxygen atoms in total. The van der Waals surface area contributed by atoms with Gasteiger partial charge in [0.2, 0.25) is 0 Å². The van der Waals surface area contributed by atoms with Gasteiger partial charge in [0.25, 0.3) is 0 Å². The maximum atomic E-state index is 11.6. The van der Waals surface area contributed by atoms with Crippen molar-refractivity contribution in [3.8, 4) is 12.3 Å². The van der Waals surface area contributed by atoms with Gasteiger partial charge in [0.15, 0.2) is 0 Å². The molecule has 7 fully saturated rings. The maximum absolute atomic E-state index is 11.6. The van der Waals surface area contributed by atoms with Crippen LogP contribution in [0.2, 0.25) is 0 Å². The van der Waals surface area contributed by atoms with E-state index < -0.39 is 59.5 Å². The van der Waals surface area contributed by atoms with Crippen molar-refractivity contribution in [1.29, 1.82) is 0 Å². The minimum absolute atomic E-state index is 0.0154. The zero-order chi connectivity index (χ0) is 67.1. The molecule has 0 spiro atoms. The summed E-state index contributed by atoms with van der Waals surface area (Å²) in [6.07, 6.45) is 36.0. The second-order valence-corrected chi connectivity index (χ2v) is 24.8. The summed E-state index contributed by atoms with van der Waals surface area (Å²) in [5.41, 5.74) is 16.2. The molecule has 11 aliphatic carbocycles. The number of benzene rings is 2. The lowest BCUT2D eigenvalue weighted by molar-refractivity contribution is -0.158. The number of nitrogens with two attached hydrogens (primary N) is 2. The highest BCUT2D eigenvalue weighted by Gasteiger charge is 2.60. The smallest absolute Gasteiger partial charge is 0.338 e. The van der Waals surface area contributed by atoms with Crippen molar-refractivity contribution >= 4 is 88.6 Å². The number of allylic oxidation sites excluding steroid dienone is 12. The lowest BCUT2D eigenvalue weighted by atomic mass is 9.83. The number of hydrogen-bond donors (Lipinski definition) is 5. The lowest BCUT2D eigenvalue weighted by Gasteiger charge is -2.23. The van der Waals surface area contributed by atoms with Crippen LogP contribution in [0.25, 0.3) is 5.57 Å². The number of anilines is 2. The molecule has 17 unspecified atom stereocenters. The zero-order valence-corrected chi connectivity index (χ0v) is 51.0. The Morgan fingerprint density at radius 1 is 0.452 bits per heavy atom. The molecule has 2 saturated heterocycles. The third-order valence-electron chi connectivity index (χ3n) is 19.7. The number of nitrogen functional groups attached to an aromatic ring is 2. The molecule has 23 heteroatoms. The van der Waals surface area contributed by atoms with Gasteiger partial charge in [-0.3, -0.25) is 47.9 Å². The predicted octanol–water partition coefficient (Wildman–Crippen LogP) is 6.39. The normalized spacial score (nSPS) is 33.9. The second-order valence-electron chi connectivity index (χ2n) is 24.8. The molecule has 0 amide bonds. The van der Waals surface area contributed by atoms with E-state index in [0.29, 0.717) is 12.1 Å². The van der Waals surface area contributed by atoms with Crippen LogP contribution in [0.4, 0.5) is 11.4 Å². The minimum atomic E-state index is -0.982. The van der Waals surface area contributed by atoms with Gasteiger partial charge < -0.3 is 55.2 Å². The van der Waals surface area contributed by atoms with Crippen LogP contribution in [0.15, 0.2) is 128 Å². The molecule has 3 heterocycles. The van der Waals surface area contributed by atoms with E-state index >= 15 is 0 Å². The standard InChI is InChI=1S/C11H14O4.C10H11N.C10H12O4.C9H10O4.2C9H8O3.C8H7N.C4H2O3/c1-14-10(12)8-6-3-4-7(5-6)9(8)11(13)15-2;11-10-6-2-5-9(7-10)8-3-1-4-8;1-14-10(13)8-6-3-2-5(4-6)7(8)9(11)12;10-8(11)6-4-1-2-5(3-4)7(6)9(12)13;2*10-8-6-4-1-2-5(3-4)7(6)9(11)12-8;1-2-7-4-3-5-8(9)6-7;5-3-1-2-4(6)7-3/h3-4,6-9H,5H2,1-2H3;2-3,5-7H,1,4,11H2;2-3,5-8H,4H2,1H3,(H,11,12);1-2,4-7H,3H2,(H,10,11)(H,12,13);2*1-2,4-7H,3H2;1,3-6H,9H2;1-2H/t;;;;4-,5?,6+,7-;;;/m....0.../s1. The minimum Gasteiger partial charge on any atom is -0.481 e. The highest BCUT2D eigenvalue weighted by Crippen LogP contribution is 2.54. The molecule has 10 bridgehead atoms.